The molecule has 1 unspecified atom stereocenters. The first-order valence-electron chi connectivity index (χ1n) is 10.0. The van der Waals surface area contributed by atoms with E-state index in [1.807, 2.05) is 23.2 Å². The summed E-state index contributed by atoms with van der Waals surface area (Å²) in [4.78, 5) is 19.1. The molecule has 2 aromatic heterocycles. The van der Waals surface area contributed by atoms with Gasteiger partial charge in [0.1, 0.15) is 18.0 Å². The lowest BCUT2D eigenvalue weighted by molar-refractivity contribution is -0.140. The van der Waals surface area contributed by atoms with Gasteiger partial charge >= 0.3 is 0 Å². The summed E-state index contributed by atoms with van der Waals surface area (Å²) in [6.45, 7) is 3.92. The Morgan fingerprint density at radius 2 is 2.14 bits per heavy atom. The Bertz CT molecular complexity index is 849. The molecule has 0 N–H and O–H groups in total. The average Bonchev–Trinajstić information content (AvgIpc) is 3.34. The molecule has 0 aromatic carbocycles. The molecule has 1 spiro atoms. The van der Waals surface area contributed by atoms with E-state index in [9.17, 15) is 4.79 Å². The average molecular weight is 383 g/mol. The molecule has 2 aromatic rings. The van der Waals surface area contributed by atoms with Gasteiger partial charge in [0.15, 0.2) is 5.82 Å². The molecule has 8 nitrogen and oxygen atoms in total. The molecule has 1 amide bonds. The fraction of sp³-hybridized carbons (Fsp3) is 0.600. The Kier molecular flexibility index (Phi) is 4.60. The Morgan fingerprint density at radius 3 is 2.96 bits per heavy atom. The molecule has 0 bridgehead atoms. The summed E-state index contributed by atoms with van der Waals surface area (Å²) < 4.78 is 13.8. The van der Waals surface area contributed by atoms with Gasteiger partial charge in [-0.15, -0.1) is 10.2 Å². The number of likely N-dealkylation sites (tertiary alicyclic amines) is 1. The zero-order chi connectivity index (χ0) is 19.0. The molecule has 2 fully saturated rings. The van der Waals surface area contributed by atoms with Crippen LogP contribution in [0.3, 0.4) is 0 Å². The molecule has 0 aliphatic carbocycles. The van der Waals surface area contributed by atoms with E-state index in [1.165, 1.54) is 0 Å². The second-order valence-corrected chi connectivity index (χ2v) is 8.02. The van der Waals surface area contributed by atoms with Crippen molar-refractivity contribution in [1.29, 1.82) is 0 Å². The molecule has 3 aliphatic rings. The smallest absolute Gasteiger partial charge is 0.225 e. The quantitative estimate of drug-likeness (QED) is 0.792. The van der Waals surface area contributed by atoms with Crippen molar-refractivity contribution in [3.8, 4) is 0 Å². The lowest BCUT2D eigenvalue weighted by atomic mass is 9.98. The molecule has 2 saturated heterocycles. The Labute approximate surface area is 163 Å². The summed E-state index contributed by atoms with van der Waals surface area (Å²) in [5.74, 6) is 2.15. The topological polar surface area (TPSA) is 82.4 Å². The molecule has 8 heteroatoms. The molecule has 3 aliphatic heterocycles. The van der Waals surface area contributed by atoms with Crippen molar-refractivity contribution in [2.75, 3.05) is 26.3 Å². The van der Waals surface area contributed by atoms with Gasteiger partial charge < -0.3 is 18.9 Å². The highest BCUT2D eigenvalue weighted by Crippen LogP contribution is 2.34. The van der Waals surface area contributed by atoms with Crippen LogP contribution in [0.4, 0.5) is 0 Å². The van der Waals surface area contributed by atoms with Crippen LogP contribution in [0, 0.1) is 5.92 Å². The molecule has 5 heterocycles. The maximum Gasteiger partial charge on any atom is 0.225 e. The van der Waals surface area contributed by atoms with Crippen molar-refractivity contribution in [3.63, 3.8) is 0 Å². The number of fused-ring (bicyclic) bond motifs is 1. The van der Waals surface area contributed by atoms with Gasteiger partial charge in [0, 0.05) is 44.5 Å². The highest BCUT2D eigenvalue weighted by atomic mass is 16.5. The highest BCUT2D eigenvalue weighted by Gasteiger charge is 2.45. The zero-order valence-electron chi connectivity index (χ0n) is 15.9. The first-order chi connectivity index (χ1) is 13.7. The molecule has 0 saturated carbocycles. The summed E-state index contributed by atoms with van der Waals surface area (Å²) in [6.07, 6.45) is 6.84. The number of carbonyl (C=O) groups is 1. The number of carbonyl (C=O) groups excluding carboxylic acids is 1. The van der Waals surface area contributed by atoms with Gasteiger partial charge in [0.05, 0.1) is 13.1 Å². The third-order valence-electron chi connectivity index (χ3n) is 6.14. The first-order valence-corrected chi connectivity index (χ1v) is 10.0. The minimum Gasteiger partial charge on any atom is -0.381 e. The third-order valence-corrected chi connectivity index (χ3v) is 6.14. The van der Waals surface area contributed by atoms with Crippen LogP contribution in [0.2, 0.25) is 0 Å². The van der Waals surface area contributed by atoms with Gasteiger partial charge in [-0.3, -0.25) is 9.78 Å². The molecular formula is C20H25N5O3. The maximum atomic E-state index is 12.9. The lowest BCUT2D eigenvalue weighted by Gasteiger charge is -2.35. The number of nitrogens with zero attached hydrogens (tertiary/aromatic N) is 5. The lowest BCUT2D eigenvalue weighted by Crippen LogP contribution is -2.46. The Morgan fingerprint density at radius 1 is 1.25 bits per heavy atom. The van der Waals surface area contributed by atoms with E-state index >= 15 is 0 Å². The summed E-state index contributed by atoms with van der Waals surface area (Å²) in [5, 5.41) is 8.69. The van der Waals surface area contributed by atoms with Gasteiger partial charge in [-0.1, -0.05) is 6.07 Å². The molecule has 148 valence electrons. The number of hydrogen-bond donors (Lipinski definition) is 0. The van der Waals surface area contributed by atoms with Crippen LogP contribution >= 0.6 is 0 Å². The van der Waals surface area contributed by atoms with Crippen LogP contribution in [0.15, 0.2) is 24.5 Å². The zero-order valence-corrected chi connectivity index (χ0v) is 15.9. The monoisotopic (exact) mass is 383 g/mol. The van der Waals surface area contributed by atoms with Gasteiger partial charge in [0.2, 0.25) is 5.91 Å². The molecular weight excluding hydrogens is 358 g/mol. The van der Waals surface area contributed by atoms with E-state index in [0.717, 1.165) is 43.0 Å². The molecule has 0 radical (unpaired) electrons. The van der Waals surface area contributed by atoms with Crippen LogP contribution in [0.25, 0.3) is 0 Å². The van der Waals surface area contributed by atoms with Crippen molar-refractivity contribution < 1.29 is 14.3 Å². The third kappa shape index (κ3) is 3.31. The van der Waals surface area contributed by atoms with Crippen LogP contribution < -0.4 is 0 Å². The van der Waals surface area contributed by atoms with E-state index in [-0.39, 0.29) is 17.4 Å². The van der Waals surface area contributed by atoms with E-state index in [0.29, 0.717) is 39.3 Å². The van der Waals surface area contributed by atoms with Crippen molar-refractivity contribution in [1.82, 2.24) is 24.6 Å². The van der Waals surface area contributed by atoms with Gasteiger partial charge in [0.25, 0.3) is 0 Å². The summed E-state index contributed by atoms with van der Waals surface area (Å²) in [7, 11) is 0. The second-order valence-electron chi connectivity index (χ2n) is 8.02. The van der Waals surface area contributed by atoms with Crippen LogP contribution in [0.1, 0.15) is 36.5 Å². The van der Waals surface area contributed by atoms with E-state index in [4.69, 9.17) is 9.47 Å². The maximum absolute atomic E-state index is 12.9. The molecule has 5 rings (SSSR count). The first kappa shape index (κ1) is 17.8. The van der Waals surface area contributed by atoms with Gasteiger partial charge in [-0.05, 0) is 30.9 Å². The molecule has 28 heavy (non-hydrogen) atoms. The number of hydrogen-bond acceptors (Lipinski definition) is 6. The van der Waals surface area contributed by atoms with Crippen molar-refractivity contribution >= 4 is 5.91 Å². The summed E-state index contributed by atoms with van der Waals surface area (Å²) in [5.41, 5.74) is 0.779. The normalized spacial score (nSPS) is 25.2. The fourth-order valence-electron chi connectivity index (χ4n) is 4.51. The summed E-state index contributed by atoms with van der Waals surface area (Å²) >= 11 is 0. The Hall–Kier alpha value is -2.32. The second kappa shape index (κ2) is 7.25. The van der Waals surface area contributed by atoms with Crippen molar-refractivity contribution in [2.45, 2.75) is 44.4 Å². The SMILES string of the molecule is O=C(C1CCOCC1)N1CCC2(C1)Cn1c(nnc1Cc1cccnc1)CO2. The standard InChI is InChI=1S/C20H25N5O3/c26-19(16-3-8-27-9-4-16)24-7-5-20(13-24)14-25-17(22-23-18(25)12-28-20)10-15-2-1-6-21-11-15/h1-2,6,11,16H,3-5,7-10,12-14H2. The highest BCUT2D eigenvalue weighted by molar-refractivity contribution is 5.79. The predicted octanol–water partition coefficient (Wildman–Crippen LogP) is 1.19. The Balaban J connectivity index is 1.30. The van der Waals surface area contributed by atoms with E-state index < -0.39 is 0 Å². The summed E-state index contributed by atoms with van der Waals surface area (Å²) in [6, 6.07) is 3.98. The molecule has 1 atom stereocenters. The van der Waals surface area contributed by atoms with Crippen molar-refractivity contribution in [2.24, 2.45) is 5.92 Å². The number of rotatable bonds is 3. The number of ether oxygens (including phenoxy) is 2. The van der Waals surface area contributed by atoms with Gasteiger partial charge in [-0.25, -0.2) is 0 Å². The number of aromatic nitrogens is 4. The number of pyridine rings is 1. The minimum atomic E-state index is -0.333. The van der Waals surface area contributed by atoms with Gasteiger partial charge in [-0.2, -0.15) is 0 Å². The fourth-order valence-corrected chi connectivity index (χ4v) is 4.51. The predicted molar refractivity (Wildman–Crippen MR) is 99.3 cm³/mol. The van der Waals surface area contributed by atoms with Crippen LogP contribution in [-0.4, -0.2) is 62.5 Å². The largest absolute Gasteiger partial charge is 0.381 e. The minimum absolute atomic E-state index is 0.0964. The van der Waals surface area contributed by atoms with Crippen molar-refractivity contribution in [3.05, 3.63) is 41.7 Å². The van der Waals surface area contributed by atoms with E-state index in [1.54, 1.807) is 6.20 Å². The number of amides is 1. The van der Waals surface area contributed by atoms with Crippen LogP contribution in [-0.2, 0) is 33.8 Å². The van der Waals surface area contributed by atoms with Crippen LogP contribution in [0.5, 0.6) is 0 Å². The van der Waals surface area contributed by atoms with E-state index in [2.05, 4.69) is 19.7 Å².